The highest BCUT2D eigenvalue weighted by atomic mass is 32.1. The number of benzene rings is 2. The monoisotopic (exact) mass is 413 g/mol. The number of alkyl halides is 1. The molecule has 0 amide bonds. The van der Waals surface area contributed by atoms with Gasteiger partial charge in [0, 0.05) is 31.2 Å². The van der Waals surface area contributed by atoms with E-state index in [4.69, 9.17) is 12.2 Å². The van der Waals surface area contributed by atoms with Crippen LogP contribution in [0.25, 0.3) is 10.8 Å². The molecule has 0 aliphatic heterocycles. The molecule has 1 unspecified atom stereocenters. The summed E-state index contributed by atoms with van der Waals surface area (Å²) in [5.74, 6) is 0.734. The number of halogens is 1. The maximum atomic E-state index is 13.4. The maximum Gasteiger partial charge on any atom is 0.272 e. The van der Waals surface area contributed by atoms with Crippen LogP contribution in [-0.2, 0) is 0 Å². The first kappa shape index (κ1) is 20.7. The van der Waals surface area contributed by atoms with Crippen LogP contribution >= 0.6 is 12.2 Å². The molecule has 1 aromatic heterocycles. The second-order valence-electron chi connectivity index (χ2n) is 6.82. The molecule has 29 heavy (non-hydrogen) atoms. The highest BCUT2D eigenvalue weighted by Gasteiger charge is 2.10. The molecule has 8 heteroatoms. The van der Waals surface area contributed by atoms with Crippen molar-refractivity contribution < 1.29 is 4.39 Å². The van der Waals surface area contributed by atoms with Crippen molar-refractivity contribution in [2.45, 2.75) is 19.5 Å². The Morgan fingerprint density at radius 1 is 1.24 bits per heavy atom. The van der Waals surface area contributed by atoms with E-state index in [9.17, 15) is 9.18 Å². The summed E-state index contributed by atoms with van der Waals surface area (Å²) in [4.78, 5) is 13.9. The molecule has 6 nitrogen and oxygen atoms in total. The van der Waals surface area contributed by atoms with Crippen LogP contribution in [-0.4, -0.2) is 35.4 Å². The summed E-state index contributed by atoms with van der Waals surface area (Å²) in [6.07, 6.45) is -0.207. The van der Waals surface area contributed by atoms with Gasteiger partial charge in [0.1, 0.15) is 6.17 Å². The zero-order chi connectivity index (χ0) is 20.8. The Balaban J connectivity index is 1.50. The van der Waals surface area contributed by atoms with Gasteiger partial charge in [-0.15, -0.1) is 0 Å². The van der Waals surface area contributed by atoms with Crippen LogP contribution in [0.15, 0.2) is 53.3 Å². The van der Waals surface area contributed by atoms with Gasteiger partial charge in [-0.25, -0.2) is 9.49 Å². The van der Waals surface area contributed by atoms with Gasteiger partial charge in [0.2, 0.25) is 0 Å². The van der Waals surface area contributed by atoms with Crippen LogP contribution in [0.4, 0.5) is 15.9 Å². The van der Waals surface area contributed by atoms with Crippen LogP contribution < -0.4 is 21.1 Å². The SMILES string of the molecule is CC(F)c1cccc(NC(=S)NCCCN(C)c2n[nH]c(=O)c3ccccc23)c1. The van der Waals surface area contributed by atoms with E-state index >= 15 is 0 Å². The van der Waals surface area contributed by atoms with E-state index in [0.717, 1.165) is 29.9 Å². The van der Waals surface area contributed by atoms with Crippen LogP contribution in [0.2, 0.25) is 0 Å². The molecule has 2 aromatic carbocycles. The van der Waals surface area contributed by atoms with Crippen LogP contribution in [0.1, 0.15) is 25.1 Å². The molecule has 0 fully saturated rings. The lowest BCUT2D eigenvalue weighted by Crippen LogP contribution is -2.31. The minimum absolute atomic E-state index is 0.193. The van der Waals surface area contributed by atoms with Gasteiger partial charge in [0.05, 0.1) is 5.39 Å². The number of nitrogens with one attached hydrogen (secondary N) is 3. The molecule has 1 heterocycles. The maximum absolute atomic E-state index is 13.4. The van der Waals surface area contributed by atoms with Crippen LogP contribution in [0, 0.1) is 0 Å². The molecule has 0 radical (unpaired) electrons. The summed E-state index contributed by atoms with van der Waals surface area (Å²) < 4.78 is 13.4. The Morgan fingerprint density at radius 2 is 2.00 bits per heavy atom. The lowest BCUT2D eigenvalue weighted by molar-refractivity contribution is 0.374. The number of nitrogens with zero attached hydrogens (tertiary/aromatic N) is 2. The molecule has 3 rings (SSSR count). The van der Waals surface area contributed by atoms with Gasteiger partial charge >= 0.3 is 0 Å². The number of aromatic nitrogens is 2. The first-order valence-corrected chi connectivity index (χ1v) is 9.84. The van der Waals surface area contributed by atoms with E-state index in [1.165, 1.54) is 6.92 Å². The van der Waals surface area contributed by atoms with E-state index in [2.05, 4.69) is 20.8 Å². The predicted octanol–water partition coefficient (Wildman–Crippen LogP) is 3.77. The van der Waals surface area contributed by atoms with Gasteiger partial charge in [-0.2, -0.15) is 5.10 Å². The summed E-state index contributed by atoms with van der Waals surface area (Å²) in [6, 6.07) is 14.6. The smallest absolute Gasteiger partial charge is 0.272 e. The topological polar surface area (TPSA) is 73.0 Å². The van der Waals surface area contributed by atoms with Gasteiger partial charge in [-0.3, -0.25) is 4.79 Å². The molecule has 152 valence electrons. The lowest BCUT2D eigenvalue weighted by atomic mass is 10.1. The summed E-state index contributed by atoms with van der Waals surface area (Å²) in [7, 11) is 1.94. The van der Waals surface area contributed by atoms with Crippen molar-refractivity contribution in [1.82, 2.24) is 15.5 Å². The summed E-state index contributed by atoms with van der Waals surface area (Å²) in [5.41, 5.74) is 1.17. The third-order valence-electron chi connectivity index (χ3n) is 4.60. The molecule has 3 aromatic rings. The van der Waals surface area contributed by atoms with Crippen LogP contribution in [0.5, 0.6) is 0 Å². The largest absolute Gasteiger partial charge is 0.362 e. The van der Waals surface area contributed by atoms with Crippen molar-refractivity contribution in [3.05, 3.63) is 64.4 Å². The zero-order valence-electron chi connectivity index (χ0n) is 16.4. The number of anilines is 2. The highest BCUT2D eigenvalue weighted by Crippen LogP contribution is 2.21. The number of rotatable bonds is 7. The Hall–Kier alpha value is -3.00. The minimum atomic E-state index is -1.02. The normalized spacial score (nSPS) is 11.8. The van der Waals surface area contributed by atoms with Crippen molar-refractivity contribution in [1.29, 1.82) is 0 Å². The predicted molar refractivity (Wildman–Crippen MR) is 120 cm³/mol. The molecule has 3 N–H and O–H groups in total. The van der Waals surface area contributed by atoms with E-state index in [-0.39, 0.29) is 5.56 Å². The highest BCUT2D eigenvalue weighted by molar-refractivity contribution is 7.80. The average molecular weight is 414 g/mol. The average Bonchev–Trinajstić information content (AvgIpc) is 2.71. The van der Waals surface area contributed by atoms with Crippen molar-refractivity contribution in [2.24, 2.45) is 0 Å². The Bertz CT molecular complexity index is 1050. The van der Waals surface area contributed by atoms with E-state index in [1.807, 2.05) is 36.2 Å². The third-order valence-corrected chi connectivity index (χ3v) is 4.84. The van der Waals surface area contributed by atoms with E-state index in [0.29, 0.717) is 22.6 Å². The van der Waals surface area contributed by atoms with E-state index < -0.39 is 6.17 Å². The van der Waals surface area contributed by atoms with Crippen molar-refractivity contribution in [3.63, 3.8) is 0 Å². The van der Waals surface area contributed by atoms with Crippen molar-refractivity contribution >= 4 is 39.6 Å². The fourth-order valence-corrected chi connectivity index (χ4v) is 3.27. The zero-order valence-corrected chi connectivity index (χ0v) is 17.2. The Labute approximate surface area is 174 Å². The standard InChI is InChI=1S/C21H24FN5OS/c1-14(22)15-7-5-8-16(13-15)24-21(29)23-11-6-12-27(2)19-17-9-3-4-10-18(17)20(28)26-25-19/h3-5,7-10,13-14H,6,11-12H2,1-2H3,(H,26,28)(H2,23,24,29). The molecule has 0 aliphatic carbocycles. The summed E-state index contributed by atoms with van der Waals surface area (Å²) >= 11 is 5.31. The molecule has 0 saturated heterocycles. The second-order valence-corrected chi connectivity index (χ2v) is 7.23. The minimum Gasteiger partial charge on any atom is -0.362 e. The van der Waals surface area contributed by atoms with Gasteiger partial charge in [-0.1, -0.05) is 30.3 Å². The number of aromatic amines is 1. The summed E-state index contributed by atoms with van der Waals surface area (Å²) in [5, 5.41) is 14.9. The molecular formula is C21H24FN5OS. The number of thiocarbonyl (C=S) groups is 1. The van der Waals surface area contributed by atoms with Gasteiger partial charge in [0.25, 0.3) is 5.56 Å². The Morgan fingerprint density at radius 3 is 2.76 bits per heavy atom. The molecule has 0 spiro atoms. The fourth-order valence-electron chi connectivity index (χ4n) is 3.05. The Kier molecular flexibility index (Phi) is 6.77. The molecule has 0 saturated carbocycles. The molecule has 0 aliphatic rings. The van der Waals surface area contributed by atoms with Crippen LogP contribution in [0.3, 0.4) is 0 Å². The van der Waals surface area contributed by atoms with Gasteiger partial charge in [-0.05, 0) is 49.3 Å². The first-order chi connectivity index (χ1) is 14.0. The fraction of sp³-hybridized carbons (Fsp3) is 0.286. The quantitative estimate of drug-likeness (QED) is 0.405. The van der Waals surface area contributed by atoms with Gasteiger partial charge < -0.3 is 15.5 Å². The molecular weight excluding hydrogens is 389 g/mol. The number of fused-ring (bicyclic) bond motifs is 1. The number of hydrogen-bond donors (Lipinski definition) is 3. The summed E-state index contributed by atoms with van der Waals surface area (Å²) in [6.45, 7) is 2.90. The first-order valence-electron chi connectivity index (χ1n) is 9.43. The number of H-pyrrole nitrogens is 1. The molecule has 0 bridgehead atoms. The number of hydrogen-bond acceptors (Lipinski definition) is 4. The van der Waals surface area contributed by atoms with Crippen molar-refractivity contribution in [2.75, 3.05) is 30.4 Å². The molecule has 1 atom stereocenters. The third kappa shape index (κ3) is 5.29. The lowest BCUT2D eigenvalue weighted by Gasteiger charge is -2.19. The van der Waals surface area contributed by atoms with Crippen molar-refractivity contribution in [3.8, 4) is 0 Å². The van der Waals surface area contributed by atoms with E-state index in [1.54, 1.807) is 24.3 Å². The second kappa shape index (κ2) is 9.47. The van der Waals surface area contributed by atoms with Gasteiger partial charge in [0.15, 0.2) is 10.9 Å².